The number of halogens is 2. The summed E-state index contributed by atoms with van der Waals surface area (Å²) in [5, 5.41) is 3.11. The van der Waals surface area contributed by atoms with E-state index in [-0.39, 0.29) is 28.5 Å². The lowest BCUT2D eigenvalue weighted by molar-refractivity contribution is 0.0928. The molecule has 0 atom stereocenters. The van der Waals surface area contributed by atoms with Crippen LogP contribution in [-0.4, -0.2) is 15.3 Å². The number of aromatic nitrogens is 2. The lowest BCUT2D eigenvalue weighted by atomic mass is 10.0. The van der Waals surface area contributed by atoms with Gasteiger partial charge >= 0.3 is 0 Å². The van der Waals surface area contributed by atoms with Gasteiger partial charge in [0.2, 0.25) is 0 Å². The summed E-state index contributed by atoms with van der Waals surface area (Å²) < 4.78 is 29.4. The second kappa shape index (κ2) is 6.51. The molecule has 0 bridgehead atoms. The van der Waals surface area contributed by atoms with Crippen LogP contribution in [0.1, 0.15) is 28.9 Å². The van der Waals surface area contributed by atoms with Crippen LogP contribution >= 0.6 is 0 Å². The van der Waals surface area contributed by atoms with E-state index in [1.165, 1.54) is 12.1 Å². The standard InChI is InChI=1S/C23H17F2N3O/c24-16-9-10-17(18(25)14-16)21-26-20(19-8-4-5-13-28(19)21)22(29)27-23(11-12-23)15-6-2-1-3-7-15/h1-10,13-14H,11-12H2,(H,27,29). The van der Waals surface area contributed by atoms with Crippen LogP contribution in [0.15, 0.2) is 72.9 Å². The molecule has 29 heavy (non-hydrogen) atoms. The molecule has 0 saturated heterocycles. The number of benzene rings is 2. The van der Waals surface area contributed by atoms with Crippen molar-refractivity contribution in [2.24, 2.45) is 0 Å². The molecule has 2 aromatic heterocycles. The minimum atomic E-state index is -0.726. The fraction of sp³-hybridized carbons (Fsp3) is 0.130. The van der Waals surface area contributed by atoms with Gasteiger partial charge in [0.05, 0.1) is 16.6 Å². The number of nitrogens with one attached hydrogen (secondary N) is 1. The third kappa shape index (κ3) is 2.97. The molecule has 144 valence electrons. The van der Waals surface area contributed by atoms with Gasteiger partial charge in [-0.2, -0.15) is 0 Å². The second-order valence-electron chi connectivity index (χ2n) is 7.27. The summed E-state index contributed by atoms with van der Waals surface area (Å²) in [6.45, 7) is 0. The summed E-state index contributed by atoms with van der Waals surface area (Å²) >= 11 is 0. The van der Waals surface area contributed by atoms with Crippen LogP contribution in [0.4, 0.5) is 8.78 Å². The Bertz CT molecular complexity index is 1230. The molecule has 1 fully saturated rings. The van der Waals surface area contributed by atoms with E-state index < -0.39 is 11.6 Å². The number of rotatable bonds is 4. The Morgan fingerprint density at radius 3 is 2.48 bits per heavy atom. The van der Waals surface area contributed by atoms with Crippen molar-refractivity contribution in [1.29, 1.82) is 0 Å². The molecule has 4 aromatic rings. The highest BCUT2D eigenvalue weighted by Crippen LogP contribution is 2.45. The highest BCUT2D eigenvalue weighted by Gasteiger charge is 2.46. The summed E-state index contributed by atoms with van der Waals surface area (Å²) in [5.41, 5.74) is 1.58. The molecule has 1 aliphatic rings. The van der Waals surface area contributed by atoms with Crippen molar-refractivity contribution in [3.63, 3.8) is 0 Å². The number of amides is 1. The Balaban J connectivity index is 1.57. The molecule has 2 aromatic carbocycles. The average Bonchev–Trinajstić information content (AvgIpc) is 3.41. The zero-order chi connectivity index (χ0) is 20.0. The van der Waals surface area contributed by atoms with E-state index in [1.807, 2.05) is 30.3 Å². The third-order valence-electron chi connectivity index (χ3n) is 5.36. The molecular formula is C23H17F2N3O. The van der Waals surface area contributed by atoms with E-state index in [1.54, 1.807) is 28.8 Å². The van der Waals surface area contributed by atoms with Crippen LogP contribution in [0.5, 0.6) is 0 Å². The number of pyridine rings is 1. The molecule has 0 aliphatic heterocycles. The molecule has 1 saturated carbocycles. The lowest BCUT2D eigenvalue weighted by Gasteiger charge is -2.17. The summed E-state index contributed by atoms with van der Waals surface area (Å²) in [5.74, 6) is -1.45. The van der Waals surface area contributed by atoms with E-state index in [0.29, 0.717) is 5.52 Å². The van der Waals surface area contributed by atoms with Crippen LogP contribution in [0, 0.1) is 11.6 Å². The highest BCUT2D eigenvalue weighted by molar-refractivity contribution is 6.00. The number of hydrogen-bond acceptors (Lipinski definition) is 2. The van der Waals surface area contributed by atoms with Crippen LogP contribution < -0.4 is 5.32 Å². The highest BCUT2D eigenvalue weighted by atomic mass is 19.1. The first-order valence-corrected chi connectivity index (χ1v) is 9.38. The first kappa shape index (κ1) is 17.6. The lowest BCUT2D eigenvalue weighted by Crippen LogP contribution is -2.35. The Morgan fingerprint density at radius 2 is 1.76 bits per heavy atom. The maximum Gasteiger partial charge on any atom is 0.272 e. The topological polar surface area (TPSA) is 46.4 Å². The molecule has 4 nitrogen and oxygen atoms in total. The van der Waals surface area contributed by atoms with Gasteiger partial charge in [-0.25, -0.2) is 13.8 Å². The molecular weight excluding hydrogens is 372 g/mol. The largest absolute Gasteiger partial charge is 0.341 e. The van der Waals surface area contributed by atoms with Crippen molar-refractivity contribution in [2.45, 2.75) is 18.4 Å². The number of nitrogens with zero attached hydrogens (tertiary/aromatic N) is 2. The van der Waals surface area contributed by atoms with Crippen LogP contribution in [0.25, 0.3) is 16.9 Å². The van der Waals surface area contributed by atoms with E-state index in [4.69, 9.17) is 0 Å². The molecule has 6 heteroatoms. The quantitative estimate of drug-likeness (QED) is 0.550. The zero-order valence-electron chi connectivity index (χ0n) is 15.4. The van der Waals surface area contributed by atoms with E-state index in [2.05, 4.69) is 10.3 Å². The molecule has 1 amide bonds. The van der Waals surface area contributed by atoms with Gasteiger partial charge in [-0.15, -0.1) is 0 Å². The molecule has 0 radical (unpaired) electrons. The summed E-state index contributed by atoms with van der Waals surface area (Å²) in [4.78, 5) is 17.6. The minimum Gasteiger partial charge on any atom is -0.341 e. The Morgan fingerprint density at radius 1 is 1.00 bits per heavy atom. The second-order valence-corrected chi connectivity index (χ2v) is 7.27. The SMILES string of the molecule is O=C(NC1(c2ccccc2)CC1)c1nc(-c2ccc(F)cc2F)n2ccccc12. The average molecular weight is 389 g/mol. The molecule has 0 unspecified atom stereocenters. The van der Waals surface area contributed by atoms with E-state index in [0.717, 1.165) is 24.5 Å². The van der Waals surface area contributed by atoms with Crippen LogP contribution in [-0.2, 0) is 5.54 Å². The first-order valence-electron chi connectivity index (χ1n) is 9.38. The molecule has 2 heterocycles. The monoisotopic (exact) mass is 389 g/mol. The predicted octanol–water partition coefficient (Wildman–Crippen LogP) is 4.70. The zero-order valence-corrected chi connectivity index (χ0v) is 15.4. The summed E-state index contributed by atoms with van der Waals surface area (Å²) in [6, 6.07) is 18.5. The number of carbonyl (C=O) groups excluding carboxylic acids is 1. The number of hydrogen-bond donors (Lipinski definition) is 1. The van der Waals surface area contributed by atoms with Crippen molar-refractivity contribution in [1.82, 2.24) is 14.7 Å². The maximum atomic E-state index is 14.4. The van der Waals surface area contributed by atoms with Gasteiger partial charge in [0, 0.05) is 12.3 Å². The van der Waals surface area contributed by atoms with Gasteiger partial charge < -0.3 is 5.32 Å². The van der Waals surface area contributed by atoms with Gasteiger partial charge in [0.25, 0.3) is 5.91 Å². The van der Waals surface area contributed by atoms with Crippen molar-refractivity contribution < 1.29 is 13.6 Å². The van der Waals surface area contributed by atoms with Gasteiger partial charge in [-0.1, -0.05) is 36.4 Å². The van der Waals surface area contributed by atoms with Crippen molar-refractivity contribution in [3.8, 4) is 11.4 Å². The third-order valence-corrected chi connectivity index (χ3v) is 5.36. The first-order chi connectivity index (χ1) is 14.1. The maximum absolute atomic E-state index is 14.4. The van der Waals surface area contributed by atoms with Crippen molar-refractivity contribution in [3.05, 3.63) is 95.8 Å². The predicted molar refractivity (Wildman–Crippen MR) is 105 cm³/mol. The number of fused-ring (bicyclic) bond motifs is 1. The van der Waals surface area contributed by atoms with Gasteiger partial charge in [-0.05, 0) is 42.7 Å². The molecule has 1 N–H and O–H groups in total. The fourth-order valence-corrected chi connectivity index (χ4v) is 3.71. The van der Waals surface area contributed by atoms with E-state index in [9.17, 15) is 13.6 Å². The Hall–Kier alpha value is -3.54. The van der Waals surface area contributed by atoms with Crippen molar-refractivity contribution in [2.75, 3.05) is 0 Å². The van der Waals surface area contributed by atoms with Crippen LogP contribution in [0.3, 0.4) is 0 Å². The van der Waals surface area contributed by atoms with Gasteiger partial charge in [0.15, 0.2) is 5.69 Å². The normalized spacial score (nSPS) is 14.7. The Labute approximate surface area is 165 Å². The minimum absolute atomic E-state index is 0.135. The molecule has 0 spiro atoms. The smallest absolute Gasteiger partial charge is 0.272 e. The number of carbonyl (C=O) groups is 1. The van der Waals surface area contributed by atoms with Gasteiger partial charge in [-0.3, -0.25) is 9.20 Å². The molecule has 5 rings (SSSR count). The number of imidazole rings is 1. The van der Waals surface area contributed by atoms with Gasteiger partial charge in [0.1, 0.15) is 17.5 Å². The van der Waals surface area contributed by atoms with Crippen LogP contribution in [0.2, 0.25) is 0 Å². The van der Waals surface area contributed by atoms with Crippen molar-refractivity contribution >= 4 is 11.4 Å². The summed E-state index contributed by atoms with van der Waals surface area (Å²) in [7, 11) is 0. The summed E-state index contributed by atoms with van der Waals surface area (Å²) in [6.07, 6.45) is 3.42. The Kier molecular flexibility index (Phi) is 3.94. The van der Waals surface area contributed by atoms with E-state index >= 15 is 0 Å². The fourth-order valence-electron chi connectivity index (χ4n) is 3.71. The molecule has 1 aliphatic carbocycles.